The Bertz CT molecular complexity index is 639. The van der Waals surface area contributed by atoms with Crippen LogP contribution in [0.4, 0.5) is 0 Å². The predicted octanol–water partition coefficient (Wildman–Crippen LogP) is 1.73. The molecule has 20 heavy (non-hydrogen) atoms. The van der Waals surface area contributed by atoms with E-state index in [1.165, 1.54) is 12.1 Å². The number of carboxylic acid groups (broad SMARTS) is 1. The number of hydrogen-bond acceptors (Lipinski definition) is 5. The second kappa shape index (κ2) is 6.25. The molecular formula is C13H13N3O3S. The summed E-state index contributed by atoms with van der Waals surface area (Å²) in [7, 11) is 0. The summed E-state index contributed by atoms with van der Waals surface area (Å²) >= 11 is 1.06. The normalized spacial score (nSPS) is 10.2. The van der Waals surface area contributed by atoms with E-state index in [1.807, 2.05) is 6.92 Å². The van der Waals surface area contributed by atoms with Gasteiger partial charge in [-0.05, 0) is 35.6 Å². The molecular weight excluding hydrogens is 278 g/mol. The van der Waals surface area contributed by atoms with Crippen LogP contribution >= 0.6 is 11.5 Å². The van der Waals surface area contributed by atoms with E-state index in [-0.39, 0.29) is 18.0 Å². The van der Waals surface area contributed by atoms with Crippen molar-refractivity contribution in [1.82, 2.24) is 14.9 Å². The highest BCUT2D eigenvalue weighted by Crippen LogP contribution is 2.11. The maximum Gasteiger partial charge on any atom is 0.335 e. The zero-order valence-electron chi connectivity index (χ0n) is 10.8. The quantitative estimate of drug-likeness (QED) is 0.875. The SMILES string of the molecule is CCc1nnsc1C(=O)NCc1cccc(C(=O)O)c1. The van der Waals surface area contributed by atoms with Gasteiger partial charge in [-0.2, -0.15) is 0 Å². The van der Waals surface area contributed by atoms with Gasteiger partial charge < -0.3 is 10.4 Å². The summed E-state index contributed by atoms with van der Waals surface area (Å²) in [6, 6.07) is 6.46. The van der Waals surface area contributed by atoms with Crippen molar-refractivity contribution in [3.63, 3.8) is 0 Å². The predicted molar refractivity (Wildman–Crippen MR) is 73.9 cm³/mol. The molecule has 1 aromatic carbocycles. The molecule has 7 heteroatoms. The molecule has 0 spiro atoms. The standard InChI is InChI=1S/C13H13N3O3S/c1-2-10-11(20-16-15-10)12(17)14-7-8-4-3-5-9(6-8)13(18)19/h3-6H,2,7H2,1H3,(H,14,17)(H,18,19). The van der Waals surface area contributed by atoms with E-state index in [1.54, 1.807) is 12.1 Å². The smallest absolute Gasteiger partial charge is 0.335 e. The molecule has 0 atom stereocenters. The highest BCUT2D eigenvalue weighted by atomic mass is 32.1. The first-order valence-electron chi connectivity index (χ1n) is 6.03. The van der Waals surface area contributed by atoms with Crippen LogP contribution in [0.5, 0.6) is 0 Å². The Morgan fingerprint density at radius 2 is 2.20 bits per heavy atom. The van der Waals surface area contributed by atoms with Gasteiger partial charge in [0.05, 0.1) is 11.3 Å². The van der Waals surface area contributed by atoms with Gasteiger partial charge in [-0.25, -0.2) is 4.79 Å². The van der Waals surface area contributed by atoms with Gasteiger partial charge in [0.1, 0.15) is 4.88 Å². The number of aromatic nitrogens is 2. The Labute approximate surface area is 119 Å². The molecule has 104 valence electrons. The lowest BCUT2D eigenvalue weighted by Crippen LogP contribution is -2.23. The van der Waals surface area contributed by atoms with Crippen LogP contribution in [0.25, 0.3) is 0 Å². The van der Waals surface area contributed by atoms with E-state index in [0.29, 0.717) is 17.0 Å². The van der Waals surface area contributed by atoms with Crippen LogP contribution in [0, 0.1) is 0 Å². The number of nitrogens with one attached hydrogen (secondary N) is 1. The highest BCUT2D eigenvalue weighted by molar-refractivity contribution is 7.08. The summed E-state index contributed by atoms with van der Waals surface area (Å²) in [5.74, 6) is -1.23. The van der Waals surface area contributed by atoms with Crippen molar-refractivity contribution in [2.75, 3.05) is 0 Å². The molecule has 0 unspecified atom stereocenters. The van der Waals surface area contributed by atoms with Gasteiger partial charge in [0.25, 0.3) is 5.91 Å². The van der Waals surface area contributed by atoms with Crippen molar-refractivity contribution in [2.24, 2.45) is 0 Å². The molecule has 0 saturated heterocycles. The van der Waals surface area contributed by atoms with Crippen molar-refractivity contribution in [2.45, 2.75) is 19.9 Å². The van der Waals surface area contributed by atoms with Crippen LogP contribution in [0.15, 0.2) is 24.3 Å². The lowest BCUT2D eigenvalue weighted by molar-refractivity contribution is 0.0696. The second-order valence-corrected chi connectivity index (χ2v) is 4.84. The molecule has 0 fully saturated rings. The summed E-state index contributed by atoms with van der Waals surface area (Å²) in [5, 5.41) is 15.5. The molecule has 0 radical (unpaired) electrons. The minimum atomic E-state index is -0.988. The third-order valence-corrected chi connectivity index (χ3v) is 3.49. The van der Waals surface area contributed by atoms with Crippen LogP contribution in [0.2, 0.25) is 0 Å². The Hall–Kier alpha value is -2.28. The summed E-state index contributed by atoms with van der Waals surface area (Å²) in [6.45, 7) is 2.17. The molecule has 6 nitrogen and oxygen atoms in total. The number of aromatic carboxylic acids is 1. The van der Waals surface area contributed by atoms with Crippen molar-refractivity contribution in [1.29, 1.82) is 0 Å². The van der Waals surface area contributed by atoms with Gasteiger partial charge in [0.15, 0.2) is 0 Å². The molecule has 0 saturated carbocycles. The number of hydrogen-bond donors (Lipinski definition) is 2. The maximum atomic E-state index is 12.0. The van der Waals surface area contributed by atoms with E-state index in [0.717, 1.165) is 17.1 Å². The molecule has 0 aliphatic carbocycles. The molecule has 1 amide bonds. The first kappa shape index (κ1) is 14.1. The van der Waals surface area contributed by atoms with Gasteiger partial charge in [0.2, 0.25) is 0 Å². The summed E-state index contributed by atoms with van der Waals surface area (Å²) < 4.78 is 3.76. The fourth-order valence-electron chi connectivity index (χ4n) is 1.69. The third-order valence-electron chi connectivity index (χ3n) is 2.72. The zero-order valence-corrected chi connectivity index (χ0v) is 11.6. The number of amides is 1. The van der Waals surface area contributed by atoms with Crippen molar-refractivity contribution in [3.05, 3.63) is 46.0 Å². The fourth-order valence-corrected chi connectivity index (χ4v) is 2.36. The first-order valence-corrected chi connectivity index (χ1v) is 6.80. The monoisotopic (exact) mass is 291 g/mol. The average Bonchev–Trinajstić information content (AvgIpc) is 2.93. The Morgan fingerprint density at radius 1 is 1.40 bits per heavy atom. The maximum absolute atomic E-state index is 12.0. The molecule has 0 aliphatic rings. The van der Waals surface area contributed by atoms with Crippen LogP contribution in [0.1, 0.15) is 38.2 Å². The third kappa shape index (κ3) is 3.18. The van der Waals surface area contributed by atoms with E-state index in [9.17, 15) is 9.59 Å². The number of nitrogens with zero attached hydrogens (tertiary/aromatic N) is 2. The zero-order chi connectivity index (χ0) is 14.5. The van der Waals surface area contributed by atoms with Crippen LogP contribution < -0.4 is 5.32 Å². The fraction of sp³-hybridized carbons (Fsp3) is 0.231. The van der Waals surface area contributed by atoms with Crippen molar-refractivity contribution in [3.8, 4) is 0 Å². The molecule has 1 heterocycles. The second-order valence-electron chi connectivity index (χ2n) is 4.09. The van der Waals surface area contributed by atoms with E-state index < -0.39 is 5.97 Å². The van der Waals surface area contributed by atoms with E-state index >= 15 is 0 Å². The van der Waals surface area contributed by atoms with Crippen molar-refractivity contribution >= 4 is 23.4 Å². The first-order chi connectivity index (χ1) is 9.61. The number of carbonyl (C=O) groups is 2. The minimum Gasteiger partial charge on any atom is -0.478 e. The molecule has 2 aromatic rings. The van der Waals surface area contributed by atoms with Gasteiger partial charge in [0, 0.05) is 6.54 Å². The van der Waals surface area contributed by atoms with Gasteiger partial charge in [-0.1, -0.05) is 23.5 Å². The number of carbonyl (C=O) groups excluding carboxylic acids is 1. The Balaban J connectivity index is 2.03. The van der Waals surface area contributed by atoms with Gasteiger partial charge >= 0.3 is 5.97 Å². The number of aryl methyl sites for hydroxylation is 1. The summed E-state index contributed by atoms with van der Waals surface area (Å²) in [6.07, 6.45) is 0.647. The Morgan fingerprint density at radius 3 is 2.90 bits per heavy atom. The molecule has 1 aromatic heterocycles. The highest BCUT2D eigenvalue weighted by Gasteiger charge is 2.14. The molecule has 2 rings (SSSR count). The molecule has 0 aliphatic heterocycles. The van der Waals surface area contributed by atoms with Crippen LogP contribution in [-0.4, -0.2) is 26.6 Å². The number of carboxylic acids is 1. The minimum absolute atomic E-state index is 0.199. The van der Waals surface area contributed by atoms with Crippen LogP contribution in [-0.2, 0) is 13.0 Å². The average molecular weight is 291 g/mol. The topological polar surface area (TPSA) is 92.2 Å². The molecule has 2 N–H and O–H groups in total. The molecule has 0 bridgehead atoms. The Kier molecular flexibility index (Phi) is 4.41. The van der Waals surface area contributed by atoms with Crippen molar-refractivity contribution < 1.29 is 14.7 Å². The van der Waals surface area contributed by atoms with Gasteiger partial charge in [-0.15, -0.1) is 5.10 Å². The largest absolute Gasteiger partial charge is 0.478 e. The lowest BCUT2D eigenvalue weighted by atomic mass is 10.1. The van der Waals surface area contributed by atoms with Gasteiger partial charge in [-0.3, -0.25) is 4.79 Å². The summed E-state index contributed by atoms with van der Waals surface area (Å²) in [4.78, 5) is 23.3. The van der Waals surface area contributed by atoms with E-state index in [4.69, 9.17) is 5.11 Å². The van der Waals surface area contributed by atoms with E-state index in [2.05, 4.69) is 14.9 Å². The lowest BCUT2D eigenvalue weighted by Gasteiger charge is -2.05. The van der Waals surface area contributed by atoms with Crippen LogP contribution in [0.3, 0.4) is 0 Å². The number of rotatable bonds is 5. The number of benzene rings is 1. The summed E-state index contributed by atoms with van der Waals surface area (Å²) in [5.41, 5.74) is 1.60.